The van der Waals surface area contributed by atoms with Crippen LogP contribution in [0.1, 0.15) is 12.0 Å². The quantitative estimate of drug-likeness (QED) is 0.903. The molecule has 2 rings (SSSR count). The minimum Gasteiger partial charge on any atom is -0.481 e. The molecule has 19 heavy (non-hydrogen) atoms. The van der Waals surface area contributed by atoms with Crippen molar-refractivity contribution in [2.75, 3.05) is 23.9 Å². The Kier molecular flexibility index (Phi) is 3.54. The molecule has 1 heterocycles. The first-order valence-corrected chi connectivity index (χ1v) is 6.64. The number of hydrogen-bond donors (Lipinski definition) is 1. The fraction of sp³-hybridized carbons (Fsp3) is 0.385. The molecule has 1 aliphatic rings. The Morgan fingerprint density at radius 1 is 1.42 bits per heavy atom. The van der Waals surface area contributed by atoms with Gasteiger partial charge in [-0.15, -0.1) is 0 Å². The number of anilines is 2. The molecule has 0 spiro atoms. The summed E-state index contributed by atoms with van der Waals surface area (Å²) in [5, 5.41) is 8.94. The minimum atomic E-state index is -0.975. The highest BCUT2D eigenvalue weighted by Gasteiger charge is 2.36. The van der Waals surface area contributed by atoms with Crippen molar-refractivity contribution in [3.63, 3.8) is 0 Å². The first-order valence-electron chi connectivity index (χ1n) is 5.85. The number of aliphatic carboxylic acids is 1. The van der Waals surface area contributed by atoms with E-state index in [1.165, 1.54) is 4.90 Å². The highest BCUT2D eigenvalue weighted by atomic mass is 79.9. The second-order valence-corrected chi connectivity index (χ2v) is 5.63. The molecule has 0 saturated carbocycles. The fourth-order valence-electron chi connectivity index (χ4n) is 2.49. The number of carboxylic acid groups (broad SMARTS) is 1. The molecule has 1 atom stereocenters. The lowest BCUT2D eigenvalue weighted by molar-refractivity contribution is -0.139. The van der Waals surface area contributed by atoms with E-state index in [0.29, 0.717) is 0 Å². The summed E-state index contributed by atoms with van der Waals surface area (Å²) in [6.07, 6.45) is -0.200. The summed E-state index contributed by atoms with van der Waals surface area (Å²) in [6.45, 7) is 1.95. The van der Waals surface area contributed by atoms with Gasteiger partial charge in [-0.05, 0) is 24.6 Å². The first kappa shape index (κ1) is 13.9. The Balaban J connectivity index is 2.55. The lowest BCUT2D eigenvalue weighted by Gasteiger charge is -2.40. The van der Waals surface area contributed by atoms with Crippen molar-refractivity contribution >= 4 is 39.2 Å². The lowest BCUT2D eigenvalue weighted by Crippen LogP contribution is -2.51. The molecule has 1 amide bonds. The van der Waals surface area contributed by atoms with Gasteiger partial charge in [0.2, 0.25) is 5.91 Å². The maximum atomic E-state index is 12.3. The number of nitrogens with zero attached hydrogens (tertiary/aromatic N) is 2. The van der Waals surface area contributed by atoms with E-state index in [9.17, 15) is 9.59 Å². The van der Waals surface area contributed by atoms with Gasteiger partial charge in [-0.3, -0.25) is 9.59 Å². The second-order valence-electron chi connectivity index (χ2n) is 4.71. The summed E-state index contributed by atoms with van der Waals surface area (Å²) in [5.41, 5.74) is 2.69. The molecule has 102 valence electrons. The molecule has 1 aromatic carbocycles. The van der Waals surface area contributed by atoms with Crippen LogP contribution >= 0.6 is 15.9 Å². The smallest absolute Gasteiger partial charge is 0.305 e. The Bertz CT molecular complexity index is 559. The van der Waals surface area contributed by atoms with Crippen molar-refractivity contribution in [3.05, 3.63) is 22.2 Å². The molecule has 1 N–H and O–H groups in total. The number of carbonyl (C=O) groups is 2. The molecular formula is C13H15BrN2O3. The number of likely N-dealkylation sites (N-methyl/N-ethyl adjacent to an activating group) is 2. The zero-order valence-corrected chi connectivity index (χ0v) is 12.6. The van der Waals surface area contributed by atoms with Crippen molar-refractivity contribution in [2.45, 2.75) is 19.4 Å². The third-order valence-corrected chi connectivity index (χ3v) is 3.87. The van der Waals surface area contributed by atoms with E-state index >= 15 is 0 Å². The maximum absolute atomic E-state index is 12.3. The van der Waals surface area contributed by atoms with Crippen molar-refractivity contribution in [1.82, 2.24) is 0 Å². The van der Waals surface area contributed by atoms with Crippen molar-refractivity contribution in [2.24, 2.45) is 0 Å². The normalized spacial score (nSPS) is 18.5. The minimum absolute atomic E-state index is 0.199. The zero-order valence-electron chi connectivity index (χ0n) is 11.0. The van der Waals surface area contributed by atoms with Crippen LogP contribution in [-0.2, 0) is 9.59 Å². The topological polar surface area (TPSA) is 60.9 Å². The van der Waals surface area contributed by atoms with Crippen molar-refractivity contribution < 1.29 is 14.7 Å². The van der Waals surface area contributed by atoms with Gasteiger partial charge in [0, 0.05) is 18.6 Å². The SMILES string of the molecule is Cc1cc(Br)cc2c1N(C)C(CC(=O)O)C(=O)N2C. The number of carbonyl (C=O) groups excluding carboxylic acids is 1. The molecule has 0 saturated heterocycles. The van der Waals surface area contributed by atoms with Crippen LogP contribution in [0.5, 0.6) is 0 Å². The van der Waals surface area contributed by atoms with Gasteiger partial charge in [0.05, 0.1) is 17.8 Å². The van der Waals surface area contributed by atoms with Crippen LogP contribution in [-0.4, -0.2) is 37.1 Å². The highest BCUT2D eigenvalue weighted by molar-refractivity contribution is 9.10. The van der Waals surface area contributed by atoms with Crippen LogP contribution < -0.4 is 9.80 Å². The number of rotatable bonds is 2. The molecule has 0 aromatic heterocycles. The standard InChI is InChI=1S/C13H15BrN2O3/c1-7-4-8(14)5-9-12(7)15(2)10(6-11(17)18)13(19)16(9)3/h4-5,10H,6H2,1-3H3,(H,17,18). The lowest BCUT2D eigenvalue weighted by atomic mass is 10.0. The van der Waals surface area contributed by atoms with Gasteiger partial charge in [0.1, 0.15) is 6.04 Å². The summed E-state index contributed by atoms with van der Waals surface area (Å²) in [6, 6.07) is 3.17. The van der Waals surface area contributed by atoms with Crippen LogP contribution in [0.4, 0.5) is 11.4 Å². The van der Waals surface area contributed by atoms with E-state index in [1.54, 1.807) is 19.0 Å². The van der Waals surface area contributed by atoms with Crippen LogP contribution in [0.3, 0.4) is 0 Å². The van der Waals surface area contributed by atoms with Crippen LogP contribution in [0.25, 0.3) is 0 Å². The highest BCUT2D eigenvalue weighted by Crippen LogP contribution is 2.39. The van der Waals surface area contributed by atoms with E-state index in [4.69, 9.17) is 5.11 Å². The summed E-state index contributed by atoms with van der Waals surface area (Å²) < 4.78 is 0.897. The predicted octanol–water partition coefficient (Wildman–Crippen LogP) is 2.01. The maximum Gasteiger partial charge on any atom is 0.305 e. The number of amides is 1. The molecule has 1 aliphatic heterocycles. The molecule has 0 fully saturated rings. The Labute approximate surface area is 119 Å². The molecule has 1 unspecified atom stereocenters. The number of aryl methyl sites for hydroxylation is 1. The van der Waals surface area contributed by atoms with Crippen molar-refractivity contribution in [1.29, 1.82) is 0 Å². The molecule has 5 nitrogen and oxygen atoms in total. The van der Waals surface area contributed by atoms with Gasteiger partial charge in [0.25, 0.3) is 0 Å². The number of fused-ring (bicyclic) bond motifs is 1. The molecule has 0 aliphatic carbocycles. The Morgan fingerprint density at radius 3 is 2.63 bits per heavy atom. The van der Waals surface area contributed by atoms with Crippen LogP contribution in [0.2, 0.25) is 0 Å². The molecule has 6 heteroatoms. The Hall–Kier alpha value is -1.56. The number of halogens is 1. The van der Waals surface area contributed by atoms with E-state index in [-0.39, 0.29) is 12.3 Å². The molecule has 1 aromatic rings. The fourth-order valence-corrected chi connectivity index (χ4v) is 3.05. The number of carboxylic acids is 1. The van der Waals surface area contributed by atoms with Gasteiger partial charge in [0.15, 0.2) is 0 Å². The van der Waals surface area contributed by atoms with Crippen LogP contribution in [0, 0.1) is 6.92 Å². The van der Waals surface area contributed by atoms with Gasteiger partial charge < -0.3 is 14.9 Å². The van der Waals surface area contributed by atoms with Gasteiger partial charge in [-0.2, -0.15) is 0 Å². The Morgan fingerprint density at radius 2 is 2.05 bits per heavy atom. The monoisotopic (exact) mass is 326 g/mol. The van der Waals surface area contributed by atoms with Gasteiger partial charge in [-0.25, -0.2) is 0 Å². The van der Waals surface area contributed by atoms with E-state index in [1.807, 2.05) is 19.1 Å². The average molecular weight is 327 g/mol. The third-order valence-electron chi connectivity index (χ3n) is 3.41. The largest absolute Gasteiger partial charge is 0.481 e. The summed E-state index contributed by atoms with van der Waals surface area (Å²) in [7, 11) is 3.44. The van der Waals surface area contributed by atoms with Crippen LogP contribution in [0.15, 0.2) is 16.6 Å². The summed E-state index contributed by atoms with van der Waals surface area (Å²) >= 11 is 3.41. The molecular weight excluding hydrogens is 312 g/mol. The second kappa shape index (κ2) is 4.85. The first-order chi connectivity index (χ1) is 8.82. The van der Waals surface area contributed by atoms with E-state index < -0.39 is 12.0 Å². The molecule has 0 bridgehead atoms. The number of hydrogen-bond acceptors (Lipinski definition) is 3. The molecule has 0 radical (unpaired) electrons. The predicted molar refractivity (Wildman–Crippen MR) is 76.7 cm³/mol. The number of benzene rings is 1. The van der Waals surface area contributed by atoms with Gasteiger partial charge in [-0.1, -0.05) is 15.9 Å². The summed E-state index contributed by atoms with van der Waals surface area (Å²) in [4.78, 5) is 26.5. The zero-order chi connectivity index (χ0) is 14.3. The van der Waals surface area contributed by atoms with Crippen molar-refractivity contribution in [3.8, 4) is 0 Å². The van der Waals surface area contributed by atoms with E-state index in [2.05, 4.69) is 15.9 Å². The summed E-state index contributed by atoms with van der Waals surface area (Å²) in [5.74, 6) is -1.17. The van der Waals surface area contributed by atoms with Gasteiger partial charge >= 0.3 is 5.97 Å². The third kappa shape index (κ3) is 2.32. The van der Waals surface area contributed by atoms with E-state index in [0.717, 1.165) is 21.4 Å². The average Bonchev–Trinajstić information content (AvgIpc) is 2.30.